The molecule has 0 aliphatic rings. The molecule has 0 bridgehead atoms. The predicted octanol–water partition coefficient (Wildman–Crippen LogP) is 1.92. The number of hydrogen-bond acceptors (Lipinski definition) is 2. The van der Waals surface area contributed by atoms with Crippen molar-refractivity contribution in [2.24, 2.45) is 0 Å². The van der Waals surface area contributed by atoms with Crippen molar-refractivity contribution in [3.8, 4) is 0 Å². The van der Waals surface area contributed by atoms with E-state index in [9.17, 15) is 0 Å². The highest BCUT2D eigenvalue weighted by Gasteiger charge is 2.01. The van der Waals surface area contributed by atoms with E-state index in [0.29, 0.717) is 0 Å². The average molecular weight is 130 g/mol. The van der Waals surface area contributed by atoms with Gasteiger partial charge in [-0.15, -0.1) is 0 Å². The molecule has 0 aromatic rings. The van der Waals surface area contributed by atoms with E-state index in [1.165, 1.54) is 6.26 Å². The zero-order chi connectivity index (χ0) is 7.11. The quantitative estimate of drug-likeness (QED) is 0.418. The summed E-state index contributed by atoms with van der Waals surface area (Å²) in [7, 11) is 1.63. The molecule has 1 unspecified atom stereocenters. The topological polar surface area (TPSA) is 18.5 Å². The minimum absolute atomic E-state index is 0.104. The first kappa shape index (κ1) is 8.50. The smallest absolute Gasteiger partial charge is 0.198 e. The number of hydrogen-bond donors (Lipinski definition) is 0. The Bertz CT molecular complexity index is 71.3. The van der Waals surface area contributed by atoms with Gasteiger partial charge in [-0.3, -0.25) is 0 Å². The molecule has 54 valence electrons. The fourth-order valence-electron chi connectivity index (χ4n) is 0.584. The molecule has 0 rings (SSSR count). The molecule has 0 N–H and O–H groups in total. The lowest BCUT2D eigenvalue weighted by Gasteiger charge is -2.12. The van der Waals surface area contributed by atoms with E-state index in [4.69, 9.17) is 9.47 Å². The molecule has 0 amide bonds. The third-order valence-corrected chi connectivity index (χ3v) is 1.04. The number of rotatable bonds is 5. The van der Waals surface area contributed by atoms with Gasteiger partial charge in [0.15, 0.2) is 6.29 Å². The Labute approximate surface area is 56.5 Å². The molecule has 2 heteroatoms. The van der Waals surface area contributed by atoms with Gasteiger partial charge < -0.3 is 9.47 Å². The summed E-state index contributed by atoms with van der Waals surface area (Å²) in [5.74, 6) is 0. The second-order valence-electron chi connectivity index (χ2n) is 1.76. The van der Waals surface area contributed by atoms with Gasteiger partial charge >= 0.3 is 0 Å². The first-order valence-electron chi connectivity index (χ1n) is 3.14. The van der Waals surface area contributed by atoms with Crippen LogP contribution in [0.1, 0.15) is 19.8 Å². The summed E-state index contributed by atoms with van der Waals surface area (Å²) in [6.07, 6.45) is 3.28. The van der Waals surface area contributed by atoms with E-state index in [2.05, 4.69) is 13.5 Å². The highest BCUT2D eigenvalue weighted by molar-refractivity contribution is 4.52. The zero-order valence-corrected chi connectivity index (χ0v) is 6.09. The first-order chi connectivity index (χ1) is 4.35. The molecule has 0 heterocycles. The van der Waals surface area contributed by atoms with E-state index in [0.717, 1.165) is 12.8 Å². The summed E-state index contributed by atoms with van der Waals surface area (Å²) >= 11 is 0. The van der Waals surface area contributed by atoms with Gasteiger partial charge in [-0.05, 0) is 0 Å². The third kappa shape index (κ3) is 4.03. The molecule has 0 aliphatic carbocycles. The van der Waals surface area contributed by atoms with Crippen LogP contribution in [0, 0.1) is 0 Å². The van der Waals surface area contributed by atoms with Crippen LogP contribution in [0.4, 0.5) is 0 Å². The number of ether oxygens (including phenoxy) is 2. The lowest BCUT2D eigenvalue weighted by atomic mass is 10.3. The van der Waals surface area contributed by atoms with Crippen molar-refractivity contribution in [1.29, 1.82) is 0 Å². The zero-order valence-electron chi connectivity index (χ0n) is 6.09. The van der Waals surface area contributed by atoms with Crippen LogP contribution in [-0.2, 0) is 9.47 Å². The molecular weight excluding hydrogens is 116 g/mol. The van der Waals surface area contributed by atoms with Crippen molar-refractivity contribution in [3.63, 3.8) is 0 Å². The molecule has 2 nitrogen and oxygen atoms in total. The Kier molecular flexibility index (Phi) is 5.32. The van der Waals surface area contributed by atoms with Gasteiger partial charge in [-0.2, -0.15) is 0 Å². The monoisotopic (exact) mass is 130 g/mol. The summed E-state index contributed by atoms with van der Waals surface area (Å²) in [6, 6.07) is 0. The normalized spacial score (nSPS) is 12.7. The lowest BCUT2D eigenvalue weighted by Crippen LogP contribution is -2.10. The van der Waals surface area contributed by atoms with Crippen molar-refractivity contribution >= 4 is 0 Å². The van der Waals surface area contributed by atoms with Gasteiger partial charge in [-0.1, -0.05) is 19.9 Å². The SMILES string of the molecule is C=COC(CCC)OC. The van der Waals surface area contributed by atoms with E-state index in [1.54, 1.807) is 7.11 Å². The van der Waals surface area contributed by atoms with Crippen molar-refractivity contribution in [3.05, 3.63) is 12.8 Å². The van der Waals surface area contributed by atoms with Crippen LogP contribution in [0.2, 0.25) is 0 Å². The standard InChI is InChI=1S/C7H14O2/c1-4-6-7(8-3)9-5-2/h5,7H,2,4,6H2,1,3H3. The summed E-state index contributed by atoms with van der Waals surface area (Å²) < 4.78 is 9.91. The molecule has 9 heavy (non-hydrogen) atoms. The second-order valence-corrected chi connectivity index (χ2v) is 1.76. The minimum Gasteiger partial charge on any atom is -0.473 e. The van der Waals surface area contributed by atoms with Crippen molar-refractivity contribution in [1.82, 2.24) is 0 Å². The molecule has 0 aliphatic heterocycles. The predicted molar refractivity (Wildman–Crippen MR) is 37.0 cm³/mol. The lowest BCUT2D eigenvalue weighted by molar-refractivity contribution is -0.0865. The Morgan fingerprint density at radius 2 is 2.33 bits per heavy atom. The maximum atomic E-state index is 4.97. The summed E-state index contributed by atoms with van der Waals surface area (Å²) in [4.78, 5) is 0. The highest BCUT2D eigenvalue weighted by Crippen LogP contribution is 2.01. The Morgan fingerprint density at radius 3 is 2.67 bits per heavy atom. The van der Waals surface area contributed by atoms with E-state index >= 15 is 0 Å². The third-order valence-electron chi connectivity index (χ3n) is 1.04. The highest BCUT2D eigenvalue weighted by atomic mass is 16.7. The molecular formula is C7H14O2. The molecule has 0 saturated heterocycles. The molecule has 0 aromatic heterocycles. The fourth-order valence-corrected chi connectivity index (χ4v) is 0.584. The van der Waals surface area contributed by atoms with Crippen molar-refractivity contribution in [2.75, 3.05) is 7.11 Å². The maximum absolute atomic E-state index is 4.97. The van der Waals surface area contributed by atoms with E-state index in [-0.39, 0.29) is 6.29 Å². The molecule has 0 spiro atoms. The van der Waals surface area contributed by atoms with E-state index in [1.807, 2.05) is 0 Å². The van der Waals surface area contributed by atoms with Crippen LogP contribution in [0.5, 0.6) is 0 Å². The van der Waals surface area contributed by atoms with Crippen LogP contribution < -0.4 is 0 Å². The summed E-state index contributed by atoms with van der Waals surface area (Å²) in [5.41, 5.74) is 0. The summed E-state index contributed by atoms with van der Waals surface area (Å²) in [5, 5.41) is 0. The fraction of sp³-hybridized carbons (Fsp3) is 0.714. The summed E-state index contributed by atoms with van der Waals surface area (Å²) in [6.45, 7) is 5.51. The Morgan fingerprint density at radius 1 is 1.67 bits per heavy atom. The maximum Gasteiger partial charge on any atom is 0.198 e. The van der Waals surface area contributed by atoms with Gasteiger partial charge in [-0.25, -0.2) is 0 Å². The van der Waals surface area contributed by atoms with E-state index < -0.39 is 0 Å². The number of methoxy groups -OCH3 is 1. The second kappa shape index (κ2) is 5.63. The first-order valence-corrected chi connectivity index (χ1v) is 3.14. The Balaban J connectivity index is 3.28. The van der Waals surface area contributed by atoms with Crippen molar-refractivity contribution in [2.45, 2.75) is 26.1 Å². The minimum atomic E-state index is -0.104. The average Bonchev–Trinajstić information content (AvgIpc) is 1.88. The van der Waals surface area contributed by atoms with Crippen LogP contribution >= 0.6 is 0 Å². The van der Waals surface area contributed by atoms with Crippen LogP contribution in [0.15, 0.2) is 12.8 Å². The van der Waals surface area contributed by atoms with Gasteiger partial charge in [0.05, 0.1) is 6.26 Å². The van der Waals surface area contributed by atoms with Gasteiger partial charge in [0.2, 0.25) is 0 Å². The van der Waals surface area contributed by atoms with Crippen LogP contribution in [0.25, 0.3) is 0 Å². The Hall–Kier alpha value is -0.500. The largest absolute Gasteiger partial charge is 0.473 e. The van der Waals surface area contributed by atoms with Crippen LogP contribution in [0.3, 0.4) is 0 Å². The molecule has 1 atom stereocenters. The molecule has 0 saturated carbocycles. The van der Waals surface area contributed by atoms with Gasteiger partial charge in [0, 0.05) is 13.5 Å². The van der Waals surface area contributed by atoms with Gasteiger partial charge in [0.1, 0.15) is 0 Å². The molecule has 0 aromatic carbocycles. The van der Waals surface area contributed by atoms with Crippen molar-refractivity contribution < 1.29 is 9.47 Å². The molecule has 0 fully saturated rings. The van der Waals surface area contributed by atoms with Gasteiger partial charge in [0.25, 0.3) is 0 Å². The van der Waals surface area contributed by atoms with Crippen LogP contribution in [-0.4, -0.2) is 13.4 Å². The molecule has 0 radical (unpaired) electrons.